The average Bonchev–Trinajstić information content (AvgIpc) is 4.52. The molecule has 0 amide bonds. The molecular weight excluding hydrogens is 953 g/mol. The van der Waals surface area contributed by atoms with Crippen LogP contribution >= 0.6 is 0 Å². The van der Waals surface area contributed by atoms with Crippen LogP contribution in [0.1, 0.15) is 31.3 Å². The molecule has 0 saturated carbocycles. The molecule has 368 valence electrons. The number of furan rings is 1. The number of rotatable bonds is 9. The van der Waals surface area contributed by atoms with Crippen molar-refractivity contribution in [1.82, 2.24) is 38.6 Å². The fourth-order valence-electron chi connectivity index (χ4n) is 11.7. The Labute approximate surface area is 441 Å². The number of nitrogens with zero attached hydrogens (tertiary/aromatic N) is 8. The quantitative estimate of drug-likeness (QED) is 0.140. The molecule has 15 aromatic rings. The maximum atomic E-state index is 7.35. The highest BCUT2D eigenvalue weighted by molar-refractivity contribution is 6.17. The summed E-state index contributed by atoms with van der Waals surface area (Å²) in [6, 6.07) is 56.3. The maximum absolute atomic E-state index is 7.35. The van der Waals surface area contributed by atoms with Crippen LogP contribution in [0.2, 0.25) is 0 Å². The highest BCUT2D eigenvalue weighted by atomic mass is 16.3. The molecule has 0 saturated heterocycles. The summed E-state index contributed by atoms with van der Waals surface area (Å²) in [6.45, 7) is 8.69. The lowest BCUT2D eigenvalue weighted by Crippen LogP contribution is -2.05. The van der Waals surface area contributed by atoms with Gasteiger partial charge >= 0.3 is 0 Å². The van der Waals surface area contributed by atoms with Gasteiger partial charge < -0.3 is 22.4 Å². The molecule has 0 aliphatic heterocycles. The Morgan fingerprint density at radius 3 is 1.86 bits per heavy atom. The summed E-state index contributed by atoms with van der Waals surface area (Å²) in [7, 11) is 0. The van der Waals surface area contributed by atoms with E-state index in [1.807, 2.05) is 48.9 Å². The topological polar surface area (TPSA) is 119 Å². The van der Waals surface area contributed by atoms with Crippen LogP contribution in [-0.4, -0.2) is 38.6 Å². The van der Waals surface area contributed by atoms with E-state index in [1.165, 1.54) is 5.69 Å². The Balaban J connectivity index is 0.988. The largest absolute Gasteiger partial charge is 0.455 e. The van der Waals surface area contributed by atoms with Crippen LogP contribution in [0.25, 0.3) is 145 Å². The molecule has 0 aliphatic rings. The first kappa shape index (κ1) is 44.4. The second kappa shape index (κ2) is 17.2. The van der Waals surface area contributed by atoms with E-state index < -0.39 is 0 Å². The zero-order valence-electron chi connectivity index (χ0n) is 42.4. The fraction of sp³-hybridized carbons (Fsp3) is 0.0758. The molecule has 0 fully saturated rings. The maximum Gasteiger partial charge on any atom is 0.225 e. The van der Waals surface area contributed by atoms with Crippen LogP contribution in [-0.2, 0) is 0 Å². The van der Waals surface area contributed by atoms with E-state index in [-0.39, 0.29) is 6.04 Å². The number of pyridine rings is 2. The highest BCUT2D eigenvalue weighted by Crippen LogP contribution is 2.46. The van der Waals surface area contributed by atoms with Crippen molar-refractivity contribution in [2.75, 3.05) is 0 Å². The zero-order valence-corrected chi connectivity index (χ0v) is 42.4. The van der Waals surface area contributed by atoms with Crippen molar-refractivity contribution in [3.05, 3.63) is 213 Å². The van der Waals surface area contributed by atoms with Gasteiger partial charge in [0.15, 0.2) is 0 Å². The zero-order chi connectivity index (χ0) is 51.5. The Hall–Kier alpha value is -10.1. The van der Waals surface area contributed by atoms with Gasteiger partial charge in [-0.15, -0.1) is 0 Å². The first-order valence-electron chi connectivity index (χ1n) is 25.8. The number of fused-ring (bicyclic) bond motifs is 9. The Morgan fingerprint density at radius 2 is 1.10 bits per heavy atom. The van der Waals surface area contributed by atoms with Crippen molar-refractivity contribution >= 4 is 65.7 Å². The molecule has 0 spiro atoms. The number of benzene rings is 7. The number of aromatic nitrogens is 8. The standard InChI is InChI=1S/C66H46N8O3/c1-38(2)72-40(4)39(3)71-63(72)44-13-9-16-48(31-44)73-58-19-6-5-17-50(58)55-32-41(20-21-59(55)73)47-33-53(42-11-7-14-45(29-42)65-69-25-27-75-65)61-56(34-47)57-36-49(74-60-37-67-24-22-51(60)52-18-10-23-68-64(52)74)35-54(62(57)77-61)43-12-8-15-46(30-43)66-70-26-28-76-66/h5-38H,1-4H3. The van der Waals surface area contributed by atoms with Crippen molar-refractivity contribution in [2.45, 2.75) is 33.7 Å². The van der Waals surface area contributed by atoms with Gasteiger partial charge in [0.1, 0.15) is 35.2 Å². The summed E-state index contributed by atoms with van der Waals surface area (Å²) in [5.74, 6) is 2.05. The lowest BCUT2D eigenvalue weighted by atomic mass is 9.93. The summed E-state index contributed by atoms with van der Waals surface area (Å²) in [6.07, 6.45) is 12.1. The van der Waals surface area contributed by atoms with Crippen LogP contribution in [0.5, 0.6) is 0 Å². The van der Waals surface area contributed by atoms with Crippen molar-refractivity contribution < 1.29 is 13.3 Å². The van der Waals surface area contributed by atoms with Gasteiger partial charge in [0.05, 0.1) is 40.8 Å². The predicted molar refractivity (Wildman–Crippen MR) is 306 cm³/mol. The van der Waals surface area contributed by atoms with Gasteiger partial charge in [0, 0.05) is 95.6 Å². The minimum atomic E-state index is 0.264. The normalized spacial score (nSPS) is 12.0. The molecule has 77 heavy (non-hydrogen) atoms. The van der Waals surface area contributed by atoms with Crippen molar-refractivity contribution in [1.29, 1.82) is 0 Å². The minimum Gasteiger partial charge on any atom is -0.455 e. The number of hydrogen-bond donors (Lipinski definition) is 0. The molecule has 8 heterocycles. The lowest BCUT2D eigenvalue weighted by Gasteiger charge is -2.15. The summed E-state index contributed by atoms with van der Waals surface area (Å²) in [5, 5.41) is 6.31. The number of aryl methyl sites for hydroxylation is 1. The second-order valence-corrected chi connectivity index (χ2v) is 20.0. The number of oxazole rings is 2. The average molecular weight is 999 g/mol. The van der Waals surface area contributed by atoms with E-state index >= 15 is 0 Å². The Kier molecular flexibility index (Phi) is 9.92. The molecule has 0 radical (unpaired) electrons. The molecule has 0 unspecified atom stereocenters. The van der Waals surface area contributed by atoms with E-state index in [1.54, 1.807) is 24.9 Å². The smallest absolute Gasteiger partial charge is 0.225 e. The number of imidazole rings is 1. The first-order chi connectivity index (χ1) is 37.8. The molecule has 15 rings (SSSR count). The van der Waals surface area contributed by atoms with E-state index in [4.69, 9.17) is 23.2 Å². The fourth-order valence-corrected chi connectivity index (χ4v) is 11.7. The third kappa shape index (κ3) is 7.00. The Morgan fingerprint density at radius 1 is 0.442 bits per heavy atom. The molecule has 0 atom stereocenters. The SMILES string of the molecule is Cc1nc(-c2cccc(-n3c4ccccc4c4cc(-c5cc(-c6cccc(-c7ncco7)c6)c6oc7c(-c8cccc(-c9ncco9)c8)cc(-n8c9cnccc9c9cccnc98)cc7c6c5)ccc43)c2)n(C(C)C)c1C. The minimum absolute atomic E-state index is 0.264. The van der Waals surface area contributed by atoms with Crippen molar-refractivity contribution in [2.24, 2.45) is 0 Å². The van der Waals surface area contributed by atoms with Crippen LogP contribution in [0.3, 0.4) is 0 Å². The third-order valence-corrected chi connectivity index (χ3v) is 15.2. The number of hydrogen-bond acceptors (Lipinski definition) is 8. The molecule has 0 bridgehead atoms. The van der Waals surface area contributed by atoms with E-state index in [0.29, 0.717) is 11.8 Å². The molecule has 11 heteroatoms. The van der Waals surface area contributed by atoms with Crippen LogP contribution in [0.4, 0.5) is 0 Å². The molecule has 0 aliphatic carbocycles. The van der Waals surface area contributed by atoms with Gasteiger partial charge in [-0.05, 0) is 147 Å². The summed E-state index contributed by atoms with van der Waals surface area (Å²) in [5.41, 5.74) is 18.3. The molecule has 7 aromatic carbocycles. The first-order valence-corrected chi connectivity index (χ1v) is 25.8. The third-order valence-electron chi connectivity index (χ3n) is 15.2. The van der Waals surface area contributed by atoms with Crippen LogP contribution in [0.15, 0.2) is 214 Å². The van der Waals surface area contributed by atoms with E-state index in [9.17, 15) is 0 Å². The molecule has 11 nitrogen and oxygen atoms in total. The van der Waals surface area contributed by atoms with Crippen LogP contribution < -0.4 is 0 Å². The van der Waals surface area contributed by atoms with Gasteiger partial charge in [0.2, 0.25) is 11.8 Å². The second-order valence-electron chi connectivity index (χ2n) is 20.0. The van der Waals surface area contributed by atoms with E-state index in [0.717, 1.165) is 139 Å². The summed E-state index contributed by atoms with van der Waals surface area (Å²) < 4.78 is 25.9. The Bertz CT molecular complexity index is 4770. The van der Waals surface area contributed by atoms with Gasteiger partial charge in [-0.1, -0.05) is 60.7 Å². The van der Waals surface area contributed by atoms with Crippen LogP contribution in [0, 0.1) is 13.8 Å². The van der Waals surface area contributed by atoms with Gasteiger partial charge in [0.25, 0.3) is 0 Å². The number of para-hydroxylation sites is 1. The predicted octanol–water partition coefficient (Wildman–Crippen LogP) is 16.9. The summed E-state index contributed by atoms with van der Waals surface area (Å²) in [4.78, 5) is 23.7. The lowest BCUT2D eigenvalue weighted by molar-refractivity contribution is 0.574. The van der Waals surface area contributed by atoms with Gasteiger partial charge in [-0.3, -0.25) is 9.55 Å². The van der Waals surface area contributed by atoms with E-state index in [2.05, 4.69) is 184 Å². The summed E-state index contributed by atoms with van der Waals surface area (Å²) >= 11 is 0. The molecule has 8 aromatic heterocycles. The van der Waals surface area contributed by atoms with Gasteiger partial charge in [-0.2, -0.15) is 0 Å². The van der Waals surface area contributed by atoms with Crippen molar-refractivity contribution in [3.8, 4) is 79.1 Å². The molecule has 0 N–H and O–H groups in total. The van der Waals surface area contributed by atoms with Crippen molar-refractivity contribution in [3.63, 3.8) is 0 Å². The monoisotopic (exact) mass is 998 g/mol. The van der Waals surface area contributed by atoms with Gasteiger partial charge in [-0.25, -0.2) is 19.9 Å². The highest BCUT2D eigenvalue weighted by Gasteiger charge is 2.24. The molecular formula is C66H46N8O3.